The first-order valence-electron chi connectivity index (χ1n) is 7.96. The fraction of sp³-hybridized carbons (Fsp3) is 0.105. The van der Waals surface area contributed by atoms with Crippen molar-refractivity contribution in [2.75, 3.05) is 0 Å². The first-order chi connectivity index (χ1) is 12.1. The van der Waals surface area contributed by atoms with Crippen LogP contribution in [-0.4, -0.2) is 27.6 Å². The van der Waals surface area contributed by atoms with Gasteiger partial charge in [-0.05, 0) is 6.07 Å². The molecular weight excluding hydrogens is 316 g/mol. The molecule has 0 saturated carbocycles. The minimum atomic E-state index is -0.805. The van der Waals surface area contributed by atoms with E-state index in [1.807, 2.05) is 54.6 Å². The second-order valence-electron chi connectivity index (χ2n) is 5.86. The highest BCUT2D eigenvalue weighted by Crippen LogP contribution is 2.31. The van der Waals surface area contributed by atoms with Gasteiger partial charge in [0.15, 0.2) is 11.9 Å². The number of amidine groups is 1. The second-order valence-corrected chi connectivity index (χ2v) is 5.86. The fourth-order valence-corrected chi connectivity index (χ4v) is 3.06. The number of nitrogens with zero attached hydrogens (tertiary/aromatic N) is 2. The highest BCUT2D eigenvalue weighted by atomic mass is 16.2. The molecule has 6 nitrogen and oxygen atoms in total. The van der Waals surface area contributed by atoms with E-state index in [4.69, 9.17) is 0 Å². The van der Waals surface area contributed by atoms with E-state index in [0.717, 1.165) is 22.0 Å². The van der Waals surface area contributed by atoms with Gasteiger partial charge in [-0.15, -0.1) is 0 Å². The molecule has 124 valence electrons. The van der Waals surface area contributed by atoms with E-state index < -0.39 is 6.04 Å². The van der Waals surface area contributed by atoms with Gasteiger partial charge in [0, 0.05) is 35.2 Å². The van der Waals surface area contributed by atoms with E-state index >= 15 is 0 Å². The number of amides is 2. The molecule has 0 bridgehead atoms. The van der Waals surface area contributed by atoms with Crippen LogP contribution in [0.15, 0.2) is 65.9 Å². The molecule has 1 aliphatic rings. The molecule has 0 saturated heterocycles. The van der Waals surface area contributed by atoms with Gasteiger partial charge in [0.25, 0.3) is 5.91 Å². The van der Waals surface area contributed by atoms with Crippen LogP contribution in [0.3, 0.4) is 0 Å². The number of hydrogen-bond donors (Lipinski definition) is 2. The Hall–Kier alpha value is -3.41. The van der Waals surface area contributed by atoms with Crippen LogP contribution in [0.1, 0.15) is 24.1 Å². The summed E-state index contributed by atoms with van der Waals surface area (Å²) in [6, 6.07) is 16.1. The summed E-state index contributed by atoms with van der Waals surface area (Å²) in [7, 11) is 0. The first kappa shape index (κ1) is 15.1. The molecule has 1 unspecified atom stereocenters. The van der Waals surface area contributed by atoms with Crippen LogP contribution in [0.5, 0.6) is 0 Å². The Balaban J connectivity index is 1.82. The summed E-state index contributed by atoms with van der Waals surface area (Å²) in [5, 5.41) is 9.37. The number of para-hydroxylation sites is 1. The summed E-state index contributed by atoms with van der Waals surface area (Å²) in [5.41, 5.74) is 2.38. The van der Waals surface area contributed by atoms with E-state index in [0.29, 0.717) is 5.84 Å². The molecule has 4 rings (SSSR count). The van der Waals surface area contributed by atoms with Crippen molar-refractivity contribution in [3.8, 4) is 0 Å². The minimum absolute atomic E-state index is 0.284. The van der Waals surface area contributed by atoms with Crippen LogP contribution in [0.4, 0.5) is 0 Å². The molecule has 25 heavy (non-hydrogen) atoms. The molecule has 2 amide bonds. The van der Waals surface area contributed by atoms with Gasteiger partial charge in [-0.3, -0.25) is 9.59 Å². The van der Waals surface area contributed by atoms with Crippen molar-refractivity contribution in [3.63, 3.8) is 0 Å². The number of H-pyrrole nitrogens is 1. The van der Waals surface area contributed by atoms with Gasteiger partial charge >= 0.3 is 0 Å². The van der Waals surface area contributed by atoms with E-state index in [1.54, 1.807) is 6.20 Å². The van der Waals surface area contributed by atoms with Crippen LogP contribution in [0.25, 0.3) is 10.9 Å². The lowest BCUT2D eigenvalue weighted by atomic mass is 10.0. The predicted molar refractivity (Wildman–Crippen MR) is 94.7 cm³/mol. The summed E-state index contributed by atoms with van der Waals surface area (Å²) in [4.78, 5) is 28.2. The molecule has 2 N–H and O–H groups in total. The van der Waals surface area contributed by atoms with Crippen molar-refractivity contribution in [1.82, 2.24) is 15.3 Å². The average molecular weight is 332 g/mol. The zero-order valence-corrected chi connectivity index (χ0v) is 13.6. The number of hydrazone groups is 1. The highest BCUT2D eigenvalue weighted by molar-refractivity contribution is 6.12. The third-order valence-electron chi connectivity index (χ3n) is 4.23. The Morgan fingerprint density at radius 1 is 1.08 bits per heavy atom. The monoisotopic (exact) mass is 332 g/mol. The zero-order valence-electron chi connectivity index (χ0n) is 13.6. The van der Waals surface area contributed by atoms with Gasteiger partial charge in [0.05, 0.1) is 0 Å². The van der Waals surface area contributed by atoms with Gasteiger partial charge in [-0.25, -0.2) is 5.01 Å². The van der Waals surface area contributed by atoms with Crippen LogP contribution < -0.4 is 5.32 Å². The lowest BCUT2D eigenvalue weighted by Crippen LogP contribution is -2.48. The Morgan fingerprint density at radius 3 is 2.56 bits per heavy atom. The summed E-state index contributed by atoms with van der Waals surface area (Å²) in [6.07, 6.45) is 1.76. The predicted octanol–water partition coefficient (Wildman–Crippen LogP) is 2.55. The van der Waals surface area contributed by atoms with Crippen LogP contribution in [0, 0.1) is 0 Å². The van der Waals surface area contributed by atoms with Gasteiger partial charge in [-0.2, -0.15) is 5.10 Å². The van der Waals surface area contributed by atoms with Crippen LogP contribution in [0.2, 0.25) is 0 Å². The summed E-state index contributed by atoms with van der Waals surface area (Å²) >= 11 is 0. The summed E-state index contributed by atoms with van der Waals surface area (Å²) in [5.74, 6) is -0.204. The molecule has 0 aliphatic carbocycles. The SMILES string of the molecule is CC(=O)N1N=C(c2ccccc2)NC(=O)C1c1c[nH]c2ccccc12. The maximum Gasteiger partial charge on any atom is 0.255 e. The Kier molecular flexibility index (Phi) is 3.57. The lowest BCUT2D eigenvalue weighted by molar-refractivity contribution is -0.139. The number of aromatic nitrogens is 1. The van der Waals surface area contributed by atoms with Gasteiger partial charge in [0.2, 0.25) is 5.91 Å². The highest BCUT2D eigenvalue weighted by Gasteiger charge is 2.36. The van der Waals surface area contributed by atoms with Crippen molar-refractivity contribution in [1.29, 1.82) is 0 Å². The van der Waals surface area contributed by atoms with Crippen molar-refractivity contribution < 1.29 is 9.59 Å². The lowest BCUT2D eigenvalue weighted by Gasteiger charge is -2.30. The Labute approximate surface area is 144 Å². The standard InChI is InChI=1S/C19H16N4O2/c1-12(24)23-17(15-11-20-16-10-6-5-9-14(15)16)19(25)21-18(22-23)13-7-3-2-4-8-13/h2-11,17,20H,1H3,(H,21,22,25). The number of fused-ring (bicyclic) bond motifs is 1. The molecule has 1 atom stereocenters. The third kappa shape index (κ3) is 2.57. The van der Waals surface area contributed by atoms with E-state index in [1.165, 1.54) is 11.9 Å². The van der Waals surface area contributed by atoms with Crippen LogP contribution in [-0.2, 0) is 9.59 Å². The van der Waals surface area contributed by atoms with Gasteiger partial charge in [0.1, 0.15) is 0 Å². The Bertz CT molecular complexity index is 991. The quantitative estimate of drug-likeness (QED) is 0.756. The second kappa shape index (κ2) is 5.90. The molecule has 2 heterocycles. The number of aromatic amines is 1. The number of nitrogens with one attached hydrogen (secondary N) is 2. The largest absolute Gasteiger partial charge is 0.361 e. The molecule has 0 radical (unpaired) electrons. The molecule has 0 spiro atoms. The van der Waals surface area contributed by atoms with Crippen molar-refractivity contribution >= 4 is 28.6 Å². The first-order valence-corrected chi connectivity index (χ1v) is 7.96. The molecule has 6 heteroatoms. The molecule has 3 aromatic rings. The zero-order chi connectivity index (χ0) is 17.4. The number of carbonyl (C=O) groups excluding carboxylic acids is 2. The molecular formula is C19H16N4O2. The van der Waals surface area contributed by atoms with E-state index in [2.05, 4.69) is 15.4 Å². The third-order valence-corrected chi connectivity index (χ3v) is 4.23. The molecule has 1 aromatic heterocycles. The smallest absolute Gasteiger partial charge is 0.255 e. The van der Waals surface area contributed by atoms with Crippen molar-refractivity contribution in [2.45, 2.75) is 13.0 Å². The minimum Gasteiger partial charge on any atom is -0.361 e. The normalized spacial score (nSPS) is 17.3. The Morgan fingerprint density at radius 2 is 1.80 bits per heavy atom. The fourth-order valence-electron chi connectivity index (χ4n) is 3.06. The van der Waals surface area contributed by atoms with Crippen molar-refractivity contribution in [2.24, 2.45) is 5.10 Å². The maximum atomic E-state index is 12.8. The van der Waals surface area contributed by atoms with E-state index in [-0.39, 0.29) is 11.8 Å². The average Bonchev–Trinajstić information content (AvgIpc) is 3.05. The van der Waals surface area contributed by atoms with Gasteiger partial charge < -0.3 is 10.3 Å². The van der Waals surface area contributed by atoms with E-state index in [9.17, 15) is 9.59 Å². The van der Waals surface area contributed by atoms with Crippen LogP contribution >= 0.6 is 0 Å². The molecule has 2 aromatic carbocycles. The maximum absolute atomic E-state index is 12.8. The van der Waals surface area contributed by atoms with Crippen molar-refractivity contribution in [3.05, 3.63) is 71.9 Å². The summed E-state index contributed by atoms with van der Waals surface area (Å²) in [6.45, 7) is 1.41. The number of benzene rings is 2. The molecule has 1 aliphatic heterocycles. The number of hydrogen-bond acceptors (Lipinski definition) is 3. The summed E-state index contributed by atoms with van der Waals surface area (Å²) < 4.78 is 0. The molecule has 0 fully saturated rings. The number of carbonyl (C=O) groups is 2. The number of rotatable bonds is 2. The van der Waals surface area contributed by atoms with Gasteiger partial charge in [-0.1, -0.05) is 48.5 Å². The topological polar surface area (TPSA) is 77.6 Å².